The molecule has 0 atom stereocenters. The maximum atomic E-state index is 11.0. The van der Waals surface area contributed by atoms with Crippen molar-refractivity contribution < 1.29 is 9.66 Å². The molecular formula is C18H14N4O3. The van der Waals surface area contributed by atoms with Gasteiger partial charge in [0.05, 0.1) is 16.8 Å². The third kappa shape index (κ3) is 4.38. The molecule has 0 saturated carbocycles. The Morgan fingerprint density at radius 2 is 1.80 bits per heavy atom. The lowest BCUT2D eigenvalue weighted by Crippen LogP contribution is -1.95. The number of anilines is 1. The van der Waals surface area contributed by atoms with Crippen LogP contribution in [-0.4, -0.2) is 16.1 Å². The van der Waals surface area contributed by atoms with E-state index in [9.17, 15) is 10.1 Å². The quantitative estimate of drug-likeness (QED) is 0.414. The first kappa shape index (κ1) is 16.1. The standard InChI is InChI=1S/C18H14N4O3/c23-22(24)17-7-4-12-19-18(17)25-16-10-8-14(9-11-16)13-20-21-15-5-2-1-3-6-15/h1-13,21H. The lowest BCUT2D eigenvalue weighted by Gasteiger charge is -2.05. The van der Waals surface area contributed by atoms with Crippen molar-refractivity contribution in [2.75, 3.05) is 5.43 Å². The van der Waals surface area contributed by atoms with Crippen molar-refractivity contribution in [1.82, 2.24) is 4.98 Å². The normalized spacial score (nSPS) is 10.6. The first-order valence-corrected chi connectivity index (χ1v) is 7.44. The van der Waals surface area contributed by atoms with Gasteiger partial charge in [-0.25, -0.2) is 4.98 Å². The number of nitrogens with zero attached hydrogens (tertiary/aromatic N) is 3. The fraction of sp³-hybridized carbons (Fsp3) is 0. The van der Waals surface area contributed by atoms with Crippen LogP contribution in [0, 0.1) is 10.1 Å². The number of pyridine rings is 1. The van der Waals surface area contributed by atoms with Crippen molar-refractivity contribution in [3.63, 3.8) is 0 Å². The number of para-hydroxylation sites is 1. The number of nitro groups is 1. The minimum Gasteiger partial charge on any atom is -0.434 e. The van der Waals surface area contributed by atoms with Crippen LogP contribution in [0.15, 0.2) is 78.0 Å². The van der Waals surface area contributed by atoms with Crippen molar-refractivity contribution in [1.29, 1.82) is 0 Å². The van der Waals surface area contributed by atoms with E-state index in [0.717, 1.165) is 11.3 Å². The van der Waals surface area contributed by atoms with Gasteiger partial charge in [-0.05, 0) is 48.0 Å². The number of hydrogen-bond acceptors (Lipinski definition) is 6. The predicted molar refractivity (Wildman–Crippen MR) is 95.1 cm³/mol. The zero-order chi connectivity index (χ0) is 17.5. The molecular weight excluding hydrogens is 320 g/mol. The van der Waals surface area contributed by atoms with E-state index >= 15 is 0 Å². The van der Waals surface area contributed by atoms with Crippen LogP contribution in [0.3, 0.4) is 0 Å². The predicted octanol–water partition coefficient (Wildman–Crippen LogP) is 4.23. The van der Waals surface area contributed by atoms with Crippen LogP contribution in [-0.2, 0) is 0 Å². The van der Waals surface area contributed by atoms with Gasteiger partial charge >= 0.3 is 5.69 Å². The molecule has 0 fully saturated rings. The van der Waals surface area contributed by atoms with Crippen LogP contribution in [0.5, 0.6) is 11.6 Å². The zero-order valence-electron chi connectivity index (χ0n) is 13.1. The largest absolute Gasteiger partial charge is 0.434 e. The SMILES string of the molecule is O=[N+]([O-])c1cccnc1Oc1ccc(C=NNc2ccccc2)cc1. The van der Waals surface area contributed by atoms with E-state index in [1.165, 1.54) is 18.3 Å². The second-order valence-corrected chi connectivity index (χ2v) is 4.99. The summed E-state index contributed by atoms with van der Waals surface area (Å²) in [7, 11) is 0. The molecule has 124 valence electrons. The smallest absolute Gasteiger partial charge is 0.331 e. The average molecular weight is 334 g/mol. The van der Waals surface area contributed by atoms with E-state index in [-0.39, 0.29) is 11.6 Å². The van der Waals surface area contributed by atoms with Crippen molar-refractivity contribution in [2.45, 2.75) is 0 Å². The van der Waals surface area contributed by atoms with Crippen LogP contribution in [0.1, 0.15) is 5.56 Å². The van der Waals surface area contributed by atoms with Gasteiger partial charge in [0, 0.05) is 12.3 Å². The molecule has 0 saturated heterocycles. The molecule has 0 amide bonds. The fourth-order valence-corrected chi connectivity index (χ4v) is 2.03. The van der Waals surface area contributed by atoms with Crippen molar-refractivity contribution in [2.24, 2.45) is 5.10 Å². The van der Waals surface area contributed by atoms with Crippen molar-refractivity contribution in [3.05, 3.63) is 88.6 Å². The van der Waals surface area contributed by atoms with Crippen LogP contribution < -0.4 is 10.2 Å². The molecule has 0 spiro atoms. The number of rotatable bonds is 6. The second-order valence-electron chi connectivity index (χ2n) is 4.99. The van der Waals surface area contributed by atoms with E-state index in [1.807, 2.05) is 30.3 Å². The first-order chi connectivity index (χ1) is 12.2. The Bertz CT molecular complexity index is 880. The molecule has 0 aliphatic heterocycles. The molecule has 1 N–H and O–H groups in total. The lowest BCUT2D eigenvalue weighted by atomic mass is 10.2. The Morgan fingerprint density at radius 3 is 2.52 bits per heavy atom. The van der Waals surface area contributed by atoms with Crippen LogP contribution in [0.2, 0.25) is 0 Å². The molecule has 2 aromatic carbocycles. The maximum Gasteiger partial charge on any atom is 0.331 e. The Morgan fingerprint density at radius 1 is 1.04 bits per heavy atom. The highest BCUT2D eigenvalue weighted by Crippen LogP contribution is 2.28. The number of ether oxygens (including phenoxy) is 1. The molecule has 0 aliphatic rings. The number of hydrazone groups is 1. The molecule has 0 bridgehead atoms. The van der Waals surface area contributed by atoms with Gasteiger partial charge in [0.25, 0.3) is 5.88 Å². The Hall–Kier alpha value is -3.74. The Kier molecular flexibility index (Phi) is 4.96. The van der Waals surface area contributed by atoms with E-state index in [2.05, 4.69) is 15.5 Å². The highest BCUT2D eigenvalue weighted by Gasteiger charge is 2.16. The summed E-state index contributed by atoms with van der Waals surface area (Å²) in [5.74, 6) is 0.412. The average Bonchev–Trinajstić information content (AvgIpc) is 2.64. The summed E-state index contributed by atoms with van der Waals surface area (Å²) in [4.78, 5) is 14.3. The third-order valence-corrected chi connectivity index (χ3v) is 3.22. The van der Waals surface area contributed by atoms with Crippen molar-refractivity contribution >= 4 is 17.6 Å². The highest BCUT2D eigenvalue weighted by atomic mass is 16.6. The van der Waals surface area contributed by atoms with Crippen LogP contribution >= 0.6 is 0 Å². The summed E-state index contributed by atoms with van der Waals surface area (Å²) in [5.41, 5.74) is 4.48. The fourth-order valence-electron chi connectivity index (χ4n) is 2.03. The van der Waals surface area contributed by atoms with E-state index in [1.54, 1.807) is 30.5 Å². The second kappa shape index (κ2) is 7.69. The molecule has 1 aromatic heterocycles. The molecule has 25 heavy (non-hydrogen) atoms. The van der Waals surface area contributed by atoms with E-state index in [0.29, 0.717) is 5.75 Å². The van der Waals surface area contributed by atoms with E-state index in [4.69, 9.17) is 4.74 Å². The summed E-state index contributed by atoms with van der Waals surface area (Å²) in [6, 6.07) is 19.4. The Balaban J connectivity index is 1.66. The van der Waals surface area contributed by atoms with Gasteiger partial charge in [0.15, 0.2) is 0 Å². The van der Waals surface area contributed by atoms with Gasteiger partial charge < -0.3 is 4.74 Å². The van der Waals surface area contributed by atoms with Gasteiger partial charge in [0.2, 0.25) is 0 Å². The molecule has 0 aliphatic carbocycles. The summed E-state index contributed by atoms with van der Waals surface area (Å²) in [6.45, 7) is 0. The van der Waals surface area contributed by atoms with Crippen LogP contribution in [0.25, 0.3) is 0 Å². The maximum absolute atomic E-state index is 11.0. The number of aromatic nitrogens is 1. The third-order valence-electron chi connectivity index (χ3n) is 3.22. The molecule has 0 unspecified atom stereocenters. The van der Waals surface area contributed by atoms with Gasteiger partial charge in [-0.1, -0.05) is 18.2 Å². The van der Waals surface area contributed by atoms with Crippen LogP contribution in [0.4, 0.5) is 11.4 Å². The summed E-state index contributed by atoms with van der Waals surface area (Å²) in [6.07, 6.45) is 3.11. The molecule has 1 heterocycles. The van der Waals surface area contributed by atoms with Gasteiger partial charge in [0.1, 0.15) is 5.75 Å². The number of benzene rings is 2. The van der Waals surface area contributed by atoms with Gasteiger partial charge in [-0.2, -0.15) is 5.10 Å². The minimum atomic E-state index is -0.529. The topological polar surface area (TPSA) is 89.7 Å². The molecule has 7 heteroatoms. The van der Waals surface area contributed by atoms with E-state index < -0.39 is 4.92 Å². The zero-order valence-corrected chi connectivity index (χ0v) is 13.1. The molecule has 3 rings (SSSR count). The number of hydrogen-bond donors (Lipinski definition) is 1. The summed E-state index contributed by atoms with van der Waals surface area (Å²) >= 11 is 0. The monoisotopic (exact) mass is 334 g/mol. The summed E-state index contributed by atoms with van der Waals surface area (Å²) in [5, 5.41) is 15.1. The molecule has 7 nitrogen and oxygen atoms in total. The number of nitrogens with one attached hydrogen (secondary N) is 1. The highest BCUT2D eigenvalue weighted by molar-refractivity contribution is 5.80. The minimum absolute atomic E-state index is 0.0420. The Labute approximate surface area is 143 Å². The van der Waals surface area contributed by atoms with Crippen molar-refractivity contribution in [3.8, 4) is 11.6 Å². The molecule has 0 radical (unpaired) electrons. The summed E-state index contributed by atoms with van der Waals surface area (Å²) < 4.78 is 5.49. The first-order valence-electron chi connectivity index (χ1n) is 7.44. The van der Waals surface area contributed by atoms with Gasteiger partial charge in [-0.3, -0.25) is 15.5 Å². The van der Waals surface area contributed by atoms with Gasteiger partial charge in [-0.15, -0.1) is 0 Å². The lowest BCUT2D eigenvalue weighted by molar-refractivity contribution is -0.386. The molecule has 3 aromatic rings.